The van der Waals surface area contributed by atoms with Crippen LogP contribution in [-0.2, 0) is 0 Å². The number of anilines is 3. The summed E-state index contributed by atoms with van der Waals surface area (Å²) in [7, 11) is -1.52. The summed E-state index contributed by atoms with van der Waals surface area (Å²) in [5, 5.41) is 19.4. The monoisotopic (exact) mass is 441 g/mol. The van der Waals surface area contributed by atoms with Gasteiger partial charge < -0.3 is 14.9 Å². The van der Waals surface area contributed by atoms with Crippen LogP contribution in [-0.4, -0.2) is 17.2 Å². The molecule has 5 aromatic carbocycles. The molecule has 0 aliphatic heterocycles. The minimum absolute atomic E-state index is 0.450. The van der Waals surface area contributed by atoms with Crippen molar-refractivity contribution in [3.05, 3.63) is 133 Å². The van der Waals surface area contributed by atoms with Crippen LogP contribution >= 0.6 is 0 Å². The van der Waals surface area contributed by atoms with E-state index in [4.69, 9.17) is 0 Å². The van der Waals surface area contributed by atoms with E-state index in [9.17, 15) is 10.0 Å². The minimum Gasteiger partial charge on any atom is -0.423 e. The van der Waals surface area contributed by atoms with Crippen LogP contribution in [0, 0.1) is 0 Å². The van der Waals surface area contributed by atoms with Crippen molar-refractivity contribution in [3.8, 4) is 22.3 Å². The SMILES string of the molecule is OB(O)c1cccc(N(c2ccccc2)c2cccc(-c3ccc(-c4ccccc4)cc3)c2)c1. The summed E-state index contributed by atoms with van der Waals surface area (Å²) >= 11 is 0. The fourth-order valence-electron chi connectivity index (χ4n) is 4.16. The predicted molar refractivity (Wildman–Crippen MR) is 142 cm³/mol. The fourth-order valence-corrected chi connectivity index (χ4v) is 4.16. The molecule has 0 fully saturated rings. The van der Waals surface area contributed by atoms with Crippen LogP contribution in [0.4, 0.5) is 17.1 Å². The second-order valence-corrected chi connectivity index (χ2v) is 8.13. The normalized spacial score (nSPS) is 10.6. The van der Waals surface area contributed by atoms with E-state index in [1.165, 1.54) is 11.1 Å². The first-order valence-corrected chi connectivity index (χ1v) is 11.3. The van der Waals surface area contributed by atoms with Gasteiger partial charge in [0.15, 0.2) is 0 Å². The molecule has 3 nitrogen and oxygen atoms in total. The maximum Gasteiger partial charge on any atom is 0.488 e. The lowest BCUT2D eigenvalue weighted by Crippen LogP contribution is -2.30. The Bertz CT molecular complexity index is 1370. The Kier molecular flexibility index (Phi) is 6.26. The molecule has 0 aliphatic carbocycles. The van der Waals surface area contributed by atoms with Crippen LogP contribution in [0.5, 0.6) is 0 Å². The third-order valence-electron chi connectivity index (χ3n) is 5.87. The Hall–Kier alpha value is -4.12. The number of nitrogens with zero attached hydrogens (tertiary/aromatic N) is 1. The molecule has 0 aliphatic rings. The van der Waals surface area contributed by atoms with Gasteiger partial charge in [-0.25, -0.2) is 0 Å². The summed E-state index contributed by atoms with van der Waals surface area (Å²) in [4.78, 5) is 2.12. The van der Waals surface area contributed by atoms with Gasteiger partial charge >= 0.3 is 7.12 Å². The van der Waals surface area contributed by atoms with E-state index < -0.39 is 7.12 Å². The number of para-hydroxylation sites is 1. The highest BCUT2D eigenvalue weighted by Gasteiger charge is 2.17. The van der Waals surface area contributed by atoms with Crippen molar-refractivity contribution in [1.29, 1.82) is 0 Å². The van der Waals surface area contributed by atoms with Crippen LogP contribution in [0.2, 0.25) is 0 Å². The Morgan fingerprint density at radius 1 is 0.412 bits per heavy atom. The molecule has 0 unspecified atom stereocenters. The highest BCUT2D eigenvalue weighted by Crippen LogP contribution is 2.36. The Labute approximate surface area is 200 Å². The first kappa shape index (κ1) is 21.7. The standard InChI is InChI=1S/C30H24BNO2/c33-31(34)27-12-8-16-30(22-27)32(28-13-5-2-6-14-28)29-15-7-11-26(21-29)25-19-17-24(18-20-25)23-9-3-1-4-10-23/h1-22,33-34H. The van der Waals surface area contributed by atoms with Gasteiger partial charge in [0.05, 0.1) is 0 Å². The third kappa shape index (κ3) is 4.64. The van der Waals surface area contributed by atoms with Crippen molar-refractivity contribution in [2.45, 2.75) is 0 Å². The zero-order valence-electron chi connectivity index (χ0n) is 18.6. The minimum atomic E-state index is -1.52. The van der Waals surface area contributed by atoms with Crippen molar-refractivity contribution in [1.82, 2.24) is 0 Å². The molecular formula is C30H24BNO2. The van der Waals surface area contributed by atoms with E-state index >= 15 is 0 Å². The molecule has 2 N–H and O–H groups in total. The van der Waals surface area contributed by atoms with Crippen LogP contribution in [0.15, 0.2) is 133 Å². The second-order valence-electron chi connectivity index (χ2n) is 8.13. The first-order valence-electron chi connectivity index (χ1n) is 11.3. The predicted octanol–water partition coefficient (Wildman–Crippen LogP) is 6.17. The van der Waals surface area contributed by atoms with Crippen molar-refractivity contribution >= 4 is 29.6 Å². The van der Waals surface area contributed by atoms with E-state index in [0.717, 1.165) is 28.2 Å². The molecule has 0 bridgehead atoms. The third-order valence-corrected chi connectivity index (χ3v) is 5.87. The molecule has 0 heterocycles. The van der Waals surface area contributed by atoms with Crippen LogP contribution < -0.4 is 10.4 Å². The molecular weight excluding hydrogens is 417 g/mol. The first-order chi connectivity index (χ1) is 16.7. The second kappa shape index (κ2) is 9.80. The van der Waals surface area contributed by atoms with Crippen molar-refractivity contribution < 1.29 is 10.0 Å². The number of hydrogen-bond acceptors (Lipinski definition) is 3. The van der Waals surface area contributed by atoms with Crippen molar-refractivity contribution in [2.24, 2.45) is 0 Å². The van der Waals surface area contributed by atoms with E-state index in [-0.39, 0.29) is 0 Å². The highest BCUT2D eigenvalue weighted by atomic mass is 16.4. The van der Waals surface area contributed by atoms with E-state index in [0.29, 0.717) is 5.46 Å². The van der Waals surface area contributed by atoms with Crippen molar-refractivity contribution in [2.75, 3.05) is 4.90 Å². The summed E-state index contributed by atoms with van der Waals surface area (Å²) in [6.45, 7) is 0. The van der Waals surface area contributed by atoms with Gasteiger partial charge in [-0.2, -0.15) is 0 Å². The summed E-state index contributed by atoms with van der Waals surface area (Å²) in [6.07, 6.45) is 0. The summed E-state index contributed by atoms with van der Waals surface area (Å²) in [5.74, 6) is 0. The zero-order chi connectivity index (χ0) is 23.3. The lowest BCUT2D eigenvalue weighted by Gasteiger charge is -2.26. The average molecular weight is 441 g/mol. The van der Waals surface area contributed by atoms with E-state index in [1.54, 1.807) is 12.1 Å². The molecule has 4 heteroatoms. The largest absolute Gasteiger partial charge is 0.488 e. The van der Waals surface area contributed by atoms with Gasteiger partial charge in [-0.15, -0.1) is 0 Å². The molecule has 0 atom stereocenters. The lowest BCUT2D eigenvalue weighted by atomic mass is 9.80. The number of rotatable bonds is 6. The lowest BCUT2D eigenvalue weighted by molar-refractivity contribution is 0.426. The average Bonchev–Trinajstić information content (AvgIpc) is 2.90. The molecule has 164 valence electrons. The number of benzene rings is 5. The van der Waals surface area contributed by atoms with Crippen molar-refractivity contribution in [3.63, 3.8) is 0 Å². The summed E-state index contributed by atoms with van der Waals surface area (Å²) in [6, 6.07) is 44.8. The molecule has 0 saturated heterocycles. The maximum absolute atomic E-state index is 9.71. The maximum atomic E-state index is 9.71. The molecule has 0 saturated carbocycles. The van der Waals surface area contributed by atoms with E-state index in [1.807, 2.05) is 48.5 Å². The van der Waals surface area contributed by atoms with Gasteiger partial charge in [0.25, 0.3) is 0 Å². The fraction of sp³-hybridized carbons (Fsp3) is 0. The van der Waals surface area contributed by atoms with Crippen LogP contribution in [0.25, 0.3) is 22.3 Å². The topological polar surface area (TPSA) is 43.7 Å². The quantitative estimate of drug-likeness (QED) is 0.310. The Morgan fingerprint density at radius 2 is 0.882 bits per heavy atom. The van der Waals surface area contributed by atoms with Gasteiger partial charge in [-0.3, -0.25) is 0 Å². The van der Waals surface area contributed by atoms with Gasteiger partial charge in [0.1, 0.15) is 0 Å². The molecule has 0 radical (unpaired) electrons. The molecule has 5 rings (SSSR count). The van der Waals surface area contributed by atoms with Gasteiger partial charge in [-0.05, 0) is 64.1 Å². The van der Waals surface area contributed by atoms with E-state index in [2.05, 4.69) is 77.7 Å². The molecule has 34 heavy (non-hydrogen) atoms. The molecule has 0 amide bonds. The Morgan fingerprint density at radius 3 is 1.53 bits per heavy atom. The smallest absolute Gasteiger partial charge is 0.423 e. The van der Waals surface area contributed by atoms with Gasteiger partial charge in [0, 0.05) is 17.1 Å². The number of hydrogen-bond donors (Lipinski definition) is 2. The zero-order valence-corrected chi connectivity index (χ0v) is 18.6. The summed E-state index contributed by atoms with van der Waals surface area (Å²) in [5.41, 5.74) is 7.91. The Balaban J connectivity index is 1.54. The van der Waals surface area contributed by atoms with Crippen LogP contribution in [0.3, 0.4) is 0 Å². The highest BCUT2D eigenvalue weighted by molar-refractivity contribution is 6.58. The van der Waals surface area contributed by atoms with Gasteiger partial charge in [0.2, 0.25) is 0 Å². The molecule has 5 aromatic rings. The van der Waals surface area contributed by atoms with Gasteiger partial charge in [-0.1, -0.05) is 97.1 Å². The molecule has 0 aromatic heterocycles. The molecule has 0 spiro atoms. The summed E-state index contributed by atoms with van der Waals surface area (Å²) < 4.78 is 0. The van der Waals surface area contributed by atoms with Crippen LogP contribution in [0.1, 0.15) is 0 Å².